The highest BCUT2D eigenvalue weighted by Gasteiger charge is 2.55. The number of anilines is 1. The molecule has 0 radical (unpaired) electrons. The zero-order chi connectivity index (χ0) is 14.3. The first-order chi connectivity index (χ1) is 9.56. The van der Waals surface area contributed by atoms with Crippen molar-refractivity contribution in [1.29, 1.82) is 0 Å². The Bertz CT molecular complexity index is 562. The lowest BCUT2D eigenvalue weighted by atomic mass is 9.78. The summed E-state index contributed by atoms with van der Waals surface area (Å²) in [5, 5.41) is 12.1. The smallest absolute Gasteiger partial charge is 0.310 e. The summed E-state index contributed by atoms with van der Waals surface area (Å²) in [7, 11) is 0. The Morgan fingerprint density at radius 3 is 2.60 bits per heavy atom. The molecule has 0 spiro atoms. The van der Waals surface area contributed by atoms with Crippen molar-refractivity contribution in [2.75, 3.05) is 5.32 Å². The molecule has 0 aliphatic carbocycles. The normalized spacial score (nSPS) is 31.2. The zero-order valence-corrected chi connectivity index (χ0v) is 12.2. The second kappa shape index (κ2) is 5.18. The van der Waals surface area contributed by atoms with E-state index in [9.17, 15) is 14.7 Å². The largest absolute Gasteiger partial charge is 0.481 e. The van der Waals surface area contributed by atoms with Crippen LogP contribution in [0.25, 0.3) is 0 Å². The van der Waals surface area contributed by atoms with Crippen LogP contribution in [0, 0.1) is 11.8 Å². The monoisotopic (exact) mass is 339 g/mol. The molecule has 0 saturated carbocycles. The summed E-state index contributed by atoms with van der Waals surface area (Å²) >= 11 is 3.33. The van der Waals surface area contributed by atoms with Crippen molar-refractivity contribution in [2.24, 2.45) is 11.8 Å². The molecule has 1 amide bonds. The number of rotatable bonds is 3. The number of carbonyl (C=O) groups excluding carboxylic acids is 1. The number of carboxylic acid groups (broad SMARTS) is 1. The van der Waals surface area contributed by atoms with E-state index in [4.69, 9.17) is 4.74 Å². The summed E-state index contributed by atoms with van der Waals surface area (Å²) < 4.78 is 6.45. The molecular weight excluding hydrogens is 326 g/mol. The van der Waals surface area contributed by atoms with Gasteiger partial charge in [0.25, 0.3) is 0 Å². The fraction of sp³-hybridized carbons (Fsp3) is 0.429. The number of halogens is 1. The predicted octanol–water partition coefficient (Wildman–Crippen LogP) is 2.27. The van der Waals surface area contributed by atoms with Gasteiger partial charge in [-0.1, -0.05) is 22.0 Å². The molecule has 20 heavy (non-hydrogen) atoms. The quantitative estimate of drug-likeness (QED) is 0.885. The first-order valence-corrected chi connectivity index (χ1v) is 7.30. The van der Waals surface area contributed by atoms with Gasteiger partial charge in [0.1, 0.15) is 0 Å². The number of carbonyl (C=O) groups is 2. The van der Waals surface area contributed by atoms with Gasteiger partial charge in [0.2, 0.25) is 5.91 Å². The third-order valence-electron chi connectivity index (χ3n) is 3.95. The van der Waals surface area contributed by atoms with E-state index in [0.29, 0.717) is 5.69 Å². The molecule has 2 heterocycles. The van der Waals surface area contributed by atoms with Gasteiger partial charge in [-0.25, -0.2) is 0 Å². The molecule has 106 valence electrons. The van der Waals surface area contributed by atoms with Crippen LogP contribution in [0.15, 0.2) is 28.7 Å². The van der Waals surface area contributed by atoms with Gasteiger partial charge in [-0.15, -0.1) is 0 Å². The lowest BCUT2D eigenvalue weighted by Gasteiger charge is -2.23. The number of nitrogens with one attached hydrogen (secondary N) is 1. The topological polar surface area (TPSA) is 75.6 Å². The van der Waals surface area contributed by atoms with Gasteiger partial charge < -0.3 is 15.2 Å². The van der Waals surface area contributed by atoms with Crippen molar-refractivity contribution in [3.63, 3.8) is 0 Å². The lowest BCUT2D eigenvalue weighted by molar-refractivity contribution is -0.147. The average molecular weight is 340 g/mol. The molecule has 1 aromatic carbocycles. The Morgan fingerprint density at radius 2 is 1.95 bits per heavy atom. The summed E-state index contributed by atoms with van der Waals surface area (Å²) in [6.45, 7) is 0. The molecule has 2 saturated heterocycles. The first kappa shape index (κ1) is 13.6. The van der Waals surface area contributed by atoms with Crippen LogP contribution in [-0.2, 0) is 14.3 Å². The summed E-state index contributed by atoms with van der Waals surface area (Å²) in [6, 6.07) is 7.22. The van der Waals surface area contributed by atoms with E-state index < -0.39 is 17.8 Å². The SMILES string of the molecule is O=C(O)[C@@H]1[C@H](C(=O)Nc2cccc(Br)c2)[C@H]2CC[C@@H]1O2. The molecule has 5 nitrogen and oxygen atoms in total. The molecule has 2 N–H and O–H groups in total. The van der Waals surface area contributed by atoms with Crippen molar-refractivity contribution in [3.8, 4) is 0 Å². The number of amides is 1. The molecule has 4 atom stereocenters. The number of aliphatic carboxylic acids is 1. The number of ether oxygens (including phenoxy) is 1. The summed E-state index contributed by atoms with van der Waals surface area (Å²) in [5.74, 6) is -2.57. The van der Waals surface area contributed by atoms with Gasteiger partial charge >= 0.3 is 5.97 Å². The highest BCUT2D eigenvalue weighted by molar-refractivity contribution is 9.10. The highest BCUT2D eigenvalue weighted by Crippen LogP contribution is 2.44. The van der Waals surface area contributed by atoms with E-state index in [1.165, 1.54) is 0 Å². The van der Waals surface area contributed by atoms with Crippen molar-refractivity contribution in [3.05, 3.63) is 28.7 Å². The van der Waals surface area contributed by atoms with Crippen molar-refractivity contribution >= 4 is 33.5 Å². The Labute approximate surface area is 124 Å². The van der Waals surface area contributed by atoms with Crippen LogP contribution in [0.2, 0.25) is 0 Å². The standard InChI is InChI=1S/C14H14BrNO4/c15-7-2-1-3-8(6-7)16-13(17)11-9-4-5-10(20-9)12(11)14(18)19/h1-3,6,9-12H,4-5H2,(H,16,17)(H,18,19)/t9-,10+,11-,12+/m1/s1. The molecular formula is C14H14BrNO4. The molecule has 1 aromatic rings. The number of benzene rings is 1. The second-order valence-electron chi connectivity index (χ2n) is 5.18. The van der Waals surface area contributed by atoms with Crippen molar-refractivity contribution in [1.82, 2.24) is 0 Å². The minimum absolute atomic E-state index is 0.270. The van der Waals surface area contributed by atoms with Crippen LogP contribution >= 0.6 is 15.9 Å². The number of carboxylic acids is 1. The van der Waals surface area contributed by atoms with Crippen LogP contribution in [0.3, 0.4) is 0 Å². The van der Waals surface area contributed by atoms with Gasteiger partial charge in [-0.3, -0.25) is 9.59 Å². The summed E-state index contributed by atoms with van der Waals surface area (Å²) in [5.41, 5.74) is 0.649. The Morgan fingerprint density at radius 1 is 1.25 bits per heavy atom. The minimum Gasteiger partial charge on any atom is -0.481 e. The van der Waals surface area contributed by atoms with E-state index in [-0.39, 0.29) is 18.1 Å². The Balaban J connectivity index is 1.78. The van der Waals surface area contributed by atoms with Crippen LogP contribution in [0.1, 0.15) is 12.8 Å². The molecule has 0 unspecified atom stereocenters. The third kappa shape index (κ3) is 2.33. The second-order valence-corrected chi connectivity index (χ2v) is 6.10. The predicted molar refractivity (Wildman–Crippen MR) is 75.3 cm³/mol. The first-order valence-electron chi connectivity index (χ1n) is 6.51. The van der Waals surface area contributed by atoms with Crippen LogP contribution in [0.4, 0.5) is 5.69 Å². The van der Waals surface area contributed by atoms with E-state index in [2.05, 4.69) is 21.2 Å². The van der Waals surface area contributed by atoms with E-state index in [1.54, 1.807) is 12.1 Å². The molecule has 2 aliphatic heterocycles. The number of hydrogen-bond acceptors (Lipinski definition) is 3. The van der Waals surface area contributed by atoms with Gasteiger partial charge in [0.05, 0.1) is 24.0 Å². The van der Waals surface area contributed by atoms with Crippen molar-refractivity contribution in [2.45, 2.75) is 25.0 Å². The van der Waals surface area contributed by atoms with Gasteiger partial charge in [0, 0.05) is 10.2 Å². The van der Waals surface area contributed by atoms with Crippen LogP contribution in [0.5, 0.6) is 0 Å². The van der Waals surface area contributed by atoms with E-state index >= 15 is 0 Å². The van der Waals surface area contributed by atoms with Crippen LogP contribution < -0.4 is 5.32 Å². The van der Waals surface area contributed by atoms with E-state index in [1.807, 2.05) is 12.1 Å². The average Bonchev–Trinajstić information content (AvgIpc) is 2.98. The van der Waals surface area contributed by atoms with Gasteiger partial charge in [-0.2, -0.15) is 0 Å². The maximum atomic E-state index is 12.4. The maximum absolute atomic E-state index is 12.4. The van der Waals surface area contributed by atoms with Gasteiger partial charge in [0.15, 0.2) is 0 Å². The van der Waals surface area contributed by atoms with Crippen LogP contribution in [-0.4, -0.2) is 29.2 Å². The van der Waals surface area contributed by atoms with E-state index in [0.717, 1.165) is 17.3 Å². The fourth-order valence-corrected chi connectivity index (χ4v) is 3.52. The van der Waals surface area contributed by atoms with Crippen molar-refractivity contribution < 1.29 is 19.4 Å². The van der Waals surface area contributed by atoms with Gasteiger partial charge in [-0.05, 0) is 31.0 Å². The minimum atomic E-state index is -0.952. The summed E-state index contributed by atoms with van der Waals surface area (Å²) in [4.78, 5) is 23.7. The molecule has 2 fully saturated rings. The summed E-state index contributed by atoms with van der Waals surface area (Å²) in [6.07, 6.45) is 0.886. The zero-order valence-electron chi connectivity index (χ0n) is 10.6. The Kier molecular flexibility index (Phi) is 3.52. The Hall–Kier alpha value is -1.40. The number of fused-ring (bicyclic) bond motifs is 2. The number of hydrogen-bond donors (Lipinski definition) is 2. The third-order valence-corrected chi connectivity index (χ3v) is 4.45. The molecule has 0 aromatic heterocycles. The molecule has 2 bridgehead atoms. The maximum Gasteiger partial charge on any atom is 0.310 e. The highest BCUT2D eigenvalue weighted by atomic mass is 79.9. The lowest BCUT2D eigenvalue weighted by Crippen LogP contribution is -2.40. The molecule has 3 rings (SSSR count). The molecule has 6 heteroatoms. The fourth-order valence-electron chi connectivity index (χ4n) is 3.12. The molecule has 2 aliphatic rings.